The van der Waals surface area contributed by atoms with Crippen molar-refractivity contribution in [2.45, 2.75) is 12.5 Å². The van der Waals surface area contributed by atoms with E-state index in [9.17, 15) is 20.0 Å². The van der Waals surface area contributed by atoms with E-state index in [1.165, 1.54) is 6.07 Å². The third-order valence-corrected chi connectivity index (χ3v) is 5.11. The number of hydrogen-bond donors (Lipinski definition) is 2. The van der Waals surface area contributed by atoms with E-state index in [0.29, 0.717) is 22.5 Å². The number of aromatic nitrogens is 1. The lowest BCUT2D eigenvalue weighted by molar-refractivity contribution is -0.124. The summed E-state index contributed by atoms with van der Waals surface area (Å²) in [5.41, 5.74) is 2.21. The van der Waals surface area contributed by atoms with Crippen LogP contribution in [0.3, 0.4) is 0 Å². The van der Waals surface area contributed by atoms with E-state index < -0.39 is 11.7 Å². The molecule has 1 aliphatic rings. The molecule has 0 radical (unpaired) electrons. The molecule has 0 aliphatic carbocycles. The topological polar surface area (TPSA) is 104 Å². The molecular weight excluding hydrogens is 370 g/mol. The van der Waals surface area contributed by atoms with E-state index in [0.717, 1.165) is 10.1 Å². The van der Waals surface area contributed by atoms with Crippen LogP contribution in [0.15, 0.2) is 60.7 Å². The highest BCUT2D eigenvalue weighted by Crippen LogP contribution is 2.41. The molecule has 1 unspecified atom stereocenters. The first-order valence-electron chi connectivity index (χ1n) is 8.93. The highest BCUT2D eigenvalue weighted by Gasteiger charge is 2.36. The number of amides is 1. The summed E-state index contributed by atoms with van der Waals surface area (Å²) in [6.45, 7) is 1.77. The van der Waals surface area contributed by atoms with E-state index in [-0.39, 0.29) is 18.2 Å². The predicted octanol–water partition coefficient (Wildman–Crippen LogP) is 3.79. The molecule has 4 rings (SSSR count). The quantitative estimate of drug-likeness (QED) is 0.696. The lowest BCUT2D eigenvalue weighted by Crippen LogP contribution is -2.28. The number of carbonyl (C=O) groups excluding carboxylic acids is 1. The van der Waals surface area contributed by atoms with Crippen molar-refractivity contribution in [1.29, 1.82) is 5.26 Å². The largest absolute Gasteiger partial charge is 0.464 e. The summed E-state index contributed by atoms with van der Waals surface area (Å²) in [7, 11) is 0. The molecule has 0 bridgehead atoms. The van der Waals surface area contributed by atoms with E-state index in [4.69, 9.17) is 4.74 Å². The van der Waals surface area contributed by atoms with Crippen molar-refractivity contribution < 1.29 is 19.4 Å². The van der Waals surface area contributed by atoms with Crippen LogP contribution in [0.1, 0.15) is 23.7 Å². The molecule has 0 spiro atoms. The first-order valence-corrected chi connectivity index (χ1v) is 8.93. The molecule has 7 nitrogen and oxygen atoms in total. The number of carboxylic acid groups (broad SMARTS) is 1. The maximum absolute atomic E-state index is 12.2. The summed E-state index contributed by atoms with van der Waals surface area (Å²) >= 11 is 0. The van der Waals surface area contributed by atoms with Crippen LogP contribution >= 0.6 is 0 Å². The average Bonchev–Trinajstić information content (AvgIpc) is 3.12. The number of rotatable bonds is 2. The van der Waals surface area contributed by atoms with Gasteiger partial charge in [-0.05, 0) is 42.3 Å². The van der Waals surface area contributed by atoms with Crippen LogP contribution in [0.25, 0.3) is 11.3 Å². The van der Waals surface area contributed by atoms with Crippen LogP contribution in [0.4, 0.5) is 10.5 Å². The molecule has 2 heterocycles. The summed E-state index contributed by atoms with van der Waals surface area (Å²) < 4.78 is 6.96. The second-order valence-corrected chi connectivity index (χ2v) is 6.83. The molecule has 0 saturated carbocycles. The molecule has 0 fully saturated rings. The molecule has 29 heavy (non-hydrogen) atoms. The van der Waals surface area contributed by atoms with E-state index in [1.807, 2.05) is 43.3 Å². The summed E-state index contributed by atoms with van der Waals surface area (Å²) in [6.07, 6.45) is -1.24. The molecule has 0 saturated heterocycles. The van der Waals surface area contributed by atoms with Gasteiger partial charge in [-0.2, -0.15) is 5.26 Å². The molecule has 2 aromatic carbocycles. The van der Waals surface area contributed by atoms with Crippen molar-refractivity contribution in [3.8, 4) is 17.3 Å². The standard InChI is InChI=1S/C22H17N3O4/c1-22(15-5-3-2-4-6-15)17-11-14(7-9-18(17)24-20(26)13-29-22)19-10-8-16(12-23)25(19)21(27)28/h2-11H,13H2,1H3,(H,24,26)(H,27,28). The first-order chi connectivity index (χ1) is 13.9. The SMILES string of the molecule is CC1(c2ccccc2)OCC(=O)Nc2ccc(-c3ccc(C#N)n3C(=O)O)cc21. The van der Waals surface area contributed by atoms with Crippen molar-refractivity contribution in [2.24, 2.45) is 0 Å². The number of ether oxygens (including phenoxy) is 1. The molecule has 144 valence electrons. The van der Waals surface area contributed by atoms with Crippen LogP contribution < -0.4 is 5.32 Å². The van der Waals surface area contributed by atoms with Gasteiger partial charge in [-0.1, -0.05) is 36.4 Å². The van der Waals surface area contributed by atoms with E-state index >= 15 is 0 Å². The van der Waals surface area contributed by atoms with Gasteiger partial charge < -0.3 is 15.2 Å². The van der Waals surface area contributed by atoms with Gasteiger partial charge in [0.2, 0.25) is 5.91 Å². The highest BCUT2D eigenvalue weighted by atomic mass is 16.5. The summed E-state index contributed by atoms with van der Waals surface area (Å²) in [5.74, 6) is -0.265. The van der Waals surface area contributed by atoms with Crippen LogP contribution in [0.2, 0.25) is 0 Å². The minimum atomic E-state index is -1.24. The molecule has 3 aromatic rings. The Morgan fingerprint density at radius 2 is 1.97 bits per heavy atom. The lowest BCUT2D eigenvalue weighted by atomic mass is 9.85. The second-order valence-electron chi connectivity index (χ2n) is 6.83. The number of hydrogen-bond acceptors (Lipinski definition) is 4. The van der Waals surface area contributed by atoms with Crippen LogP contribution in [-0.4, -0.2) is 28.3 Å². The molecule has 1 amide bonds. The summed E-state index contributed by atoms with van der Waals surface area (Å²) in [5, 5.41) is 21.6. The number of nitriles is 1. The van der Waals surface area contributed by atoms with Gasteiger partial charge in [-0.25, -0.2) is 9.36 Å². The Labute approximate surface area is 166 Å². The zero-order valence-electron chi connectivity index (χ0n) is 15.5. The number of carbonyl (C=O) groups is 2. The van der Waals surface area contributed by atoms with Gasteiger partial charge in [0.25, 0.3) is 0 Å². The van der Waals surface area contributed by atoms with Gasteiger partial charge >= 0.3 is 6.09 Å². The molecule has 1 aromatic heterocycles. The number of benzene rings is 2. The number of anilines is 1. The molecule has 7 heteroatoms. The molecule has 1 atom stereocenters. The maximum atomic E-state index is 12.2. The molecular formula is C22H17N3O4. The van der Waals surface area contributed by atoms with Gasteiger partial charge in [0, 0.05) is 11.3 Å². The summed E-state index contributed by atoms with van der Waals surface area (Å²) in [4.78, 5) is 23.9. The Kier molecular flexibility index (Phi) is 4.41. The fraction of sp³-hybridized carbons (Fsp3) is 0.136. The molecule has 2 N–H and O–H groups in total. The van der Waals surface area contributed by atoms with E-state index in [1.54, 1.807) is 24.3 Å². The highest BCUT2D eigenvalue weighted by molar-refractivity contribution is 5.94. The monoisotopic (exact) mass is 387 g/mol. The third-order valence-electron chi connectivity index (χ3n) is 5.11. The Hall–Kier alpha value is -3.89. The van der Waals surface area contributed by atoms with Crippen molar-refractivity contribution >= 4 is 17.7 Å². The van der Waals surface area contributed by atoms with Crippen LogP contribution in [0, 0.1) is 11.3 Å². The smallest absolute Gasteiger partial charge is 0.417 e. The van der Waals surface area contributed by atoms with Gasteiger partial charge in [0.15, 0.2) is 0 Å². The van der Waals surface area contributed by atoms with Gasteiger partial charge in [0.05, 0.1) is 5.69 Å². The van der Waals surface area contributed by atoms with Gasteiger partial charge in [0.1, 0.15) is 24.0 Å². The minimum Gasteiger partial charge on any atom is -0.464 e. The number of fused-ring (bicyclic) bond motifs is 1. The predicted molar refractivity (Wildman–Crippen MR) is 105 cm³/mol. The van der Waals surface area contributed by atoms with Crippen molar-refractivity contribution in [3.63, 3.8) is 0 Å². The van der Waals surface area contributed by atoms with Crippen LogP contribution in [-0.2, 0) is 15.1 Å². The number of nitrogens with one attached hydrogen (secondary N) is 1. The normalized spacial score (nSPS) is 18.3. The van der Waals surface area contributed by atoms with Gasteiger partial charge in [-0.15, -0.1) is 0 Å². The number of nitrogens with zero attached hydrogens (tertiary/aromatic N) is 2. The van der Waals surface area contributed by atoms with Crippen molar-refractivity contribution in [2.75, 3.05) is 11.9 Å². The zero-order valence-corrected chi connectivity index (χ0v) is 15.5. The fourth-order valence-corrected chi connectivity index (χ4v) is 3.63. The van der Waals surface area contributed by atoms with Crippen molar-refractivity contribution in [3.05, 3.63) is 77.5 Å². The van der Waals surface area contributed by atoms with Crippen LogP contribution in [0.5, 0.6) is 0 Å². The Morgan fingerprint density at radius 3 is 2.66 bits per heavy atom. The zero-order chi connectivity index (χ0) is 20.6. The Balaban J connectivity index is 1.94. The van der Waals surface area contributed by atoms with E-state index in [2.05, 4.69) is 5.32 Å². The molecule has 1 aliphatic heterocycles. The van der Waals surface area contributed by atoms with Gasteiger partial charge in [-0.3, -0.25) is 4.79 Å². The maximum Gasteiger partial charge on any atom is 0.417 e. The first kappa shape index (κ1) is 18.5. The Morgan fingerprint density at radius 1 is 1.21 bits per heavy atom. The minimum absolute atomic E-state index is 0.0258. The lowest BCUT2D eigenvalue weighted by Gasteiger charge is -2.30. The fourth-order valence-electron chi connectivity index (χ4n) is 3.63. The average molecular weight is 387 g/mol. The Bertz CT molecular complexity index is 1160. The second kappa shape index (κ2) is 6.93. The summed E-state index contributed by atoms with van der Waals surface area (Å²) in [6, 6.07) is 19.7. The van der Waals surface area contributed by atoms with Crippen molar-refractivity contribution in [1.82, 2.24) is 4.57 Å². The third kappa shape index (κ3) is 3.06.